The molecule has 1 aliphatic rings. The number of nitrogens with zero attached hydrogens (tertiary/aromatic N) is 2. The summed E-state index contributed by atoms with van der Waals surface area (Å²) >= 11 is 1.70. The zero-order valence-electron chi connectivity index (χ0n) is 10.5. The number of benzene rings is 1. The minimum Gasteiger partial charge on any atom is -0.314 e. The van der Waals surface area contributed by atoms with Gasteiger partial charge in [0.2, 0.25) is 0 Å². The topological polar surface area (TPSA) is 37.8 Å². The molecule has 1 heterocycles. The molecule has 94 valence electrons. The summed E-state index contributed by atoms with van der Waals surface area (Å²) in [7, 11) is 0. The molecule has 0 saturated heterocycles. The third-order valence-corrected chi connectivity index (χ3v) is 4.15. The van der Waals surface area contributed by atoms with Gasteiger partial charge < -0.3 is 5.32 Å². The van der Waals surface area contributed by atoms with Crippen molar-refractivity contribution in [1.82, 2.24) is 15.5 Å². The van der Waals surface area contributed by atoms with Crippen molar-refractivity contribution in [3.63, 3.8) is 0 Å². The molecule has 1 aromatic carbocycles. The van der Waals surface area contributed by atoms with E-state index in [0.29, 0.717) is 0 Å². The standard InChI is InChI=1S/C14H17N3S/c1-10-2-4-11(5-3-10)14-17-16-13(18-14)8-9-15-12-6-7-12/h2-5,12,15H,6-9H2,1H3. The van der Waals surface area contributed by atoms with Crippen LogP contribution in [0, 0.1) is 6.92 Å². The Kier molecular flexibility index (Phi) is 3.39. The van der Waals surface area contributed by atoms with Crippen molar-refractivity contribution in [2.45, 2.75) is 32.2 Å². The summed E-state index contributed by atoms with van der Waals surface area (Å²) < 4.78 is 0. The molecule has 0 aliphatic heterocycles. The fourth-order valence-corrected chi connectivity index (χ4v) is 2.68. The van der Waals surface area contributed by atoms with E-state index >= 15 is 0 Å². The smallest absolute Gasteiger partial charge is 0.147 e. The van der Waals surface area contributed by atoms with Gasteiger partial charge in [0.15, 0.2) is 0 Å². The van der Waals surface area contributed by atoms with Crippen LogP contribution in [-0.2, 0) is 6.42 Å². The summed E-state index contributed by atoms with van der Waals surface area (Å²) in [5, 5.41) is 14.2. The van der Waals surface area contributed by atoms with Crippen LogP contribution in [-0.4, -0.2) is 22.8 Å². The molecule has 0 amide bonds. The lowest BCUT2D eigenvalue weighted by molar-refractivity contribution is 0.677. The van der Waals surface area contributed by atoms with E-state index in [2.05, 4.69) is 46.7 Å². The van der Waals surface area contributed by atoms with Gasteiger partial charge in [0, 0.05) is 24.6 Å². The first-order chi connectivity index (χ1) is 8.81. The van der Waals surface area contributed by atoms with E-state index in [4.69, 9.17) is 0 Å². The predicted octanol–water partition coefficient (Wildman–Crippen LogP) is 2.81. The van der Waals surface area contributed by atoms with E-state index in [1.807, 2.05) is 0 Å². The van der Waals surface area contributed by atoms with Gasteiger partial charge in [-0.2, -0.15) is 0 Å². The highest BCUT2D eigenvalue weighted by Gasteiger charge is 2.19. The van der Waals surface area contributed by atoms with Crippen molar-refractivity contribution < 1.29 is 0 Å². The Hall–Kier alpha value is -1.26. The molecule has 1 aromatic heterocycles. The molecule has 3 rings (SSSR count). The summed E-state index contributed by atoms with van der Waals surface area (Å²) in [4.78, 5) is 0. The molecule has 3 nitrogen and oxygen atoms in total. The van der Waals surface area contributed by atoms with Gasteiger partial charge in [-0.1, -0.05) is 41.2 Å². The largest absolute Gasteiger partial charge is 0.314 e. The highest BCUT2D eigenvalue weighted by atomic mass is 32.1. The van der Waals surface area contributed by atoms with Crippen LogP contribution < -0.4 is 5.32 Å². The Labute approximate surface area is 111 Å². The second kappa shape index (κ2) is 5.16. The van der Waals surface area contributed by atoms with Crippen LogP contribution in [0.15, 0.2) is 24.3 Å². The number of hydrogen-bond donors (Lipinski definition) is 1. The molecule has 2 aromatic rings. The fourth-order valence-electron chi connectivity index (χ4n) is 1.84. The van der Waals surface area contributed by atoms with E-state index in [1.165, 1.54) is 24.0 Å². The zero-order valence-corrected chi connectivity index (χ0v) is 11.3. The molecule has 1 N–H and O–H groups in total. The fraction of sp³-hybridized carbons (Fsp3) is 0.429. The van der Waals surface area contributed by atoms with Crippen molar-refractivity contribution >= 4 is 11.3 Å². The van der Waals surface area contributed by atoms with Gasteiger partial charge in [-0.25, -0.2) is 0 Å². The Balaban J connectivity index is 1.62. The molecule has 1 saturated carbocycles. The lowest BCUT2D eigenvalue weighted by atomic mass is 10.2. The van der Waals surface area contributed by atoms with Crippen LogP contribution in [0.25, 0.3) is 10.6 Å². The van der Waals surface area contributed by atoms with Crippen LogP contribution in [0.3, 0.4) is 0 Å². The SMILES string of the molecule is Cc1ccc(-c2nnc(CCNC3CC3)s2)cc1. The maximum absolute atomic E-state index is 4.27. The van der Waals surface area contributed by atoms with Gasteiger partial charge in [0.05, 0.1) is 0 Å². The third-order valence-electron chi connectivity index (χ3n) is 3.11. The molecular weight excluding hydrogens is 242 g/mol. The number of hydrogen-bond acceptors (Lipinski definition) is 4. The number of nitrogens with one attached hydrogen (secondary N) is 1. The first-order valence-corrected chi connectivity index (χ1v) is 7.26. The predicted molar refractivity (Wildman–Crippen MR) is 74.8 cm³/mol. The minimum atomic E-state index is 0.773. The molecular formula is C14H17N3S. The minimum absolute atomic E-state index is 0.773. The molecule has 0 unspecified atom stereocenters. The van der Waals surface area contributed by atoms with Crippen molar-refractivity contribution in [2.75, 3.05) is 6.54 Å². The summed E-state index contributed by atoms with van der Waals surface area (Å²) in [6.07, 6.45) is 3.66. The molecule has 0 bridgehead atoms. The van der Waals surface area contributed by atoms with Crippen molar-refractivity contribution in [2.24, 2.45) is 0 Å². The monoisotopic (exact) mass is 259 g/mol. The van der Waals surface area contributed by atoms with E-state index < -0.39 is 0 Å². The summed E-state index contributed by atoms with van der Waals surface area (Å²) in [5.74, 6) is 0. The van der Waals surface area contributed by atoms with Crippen LogP contribution in [0.4, 0.5) is 0 Å². The highest BCUT2D eigenvalue weighted by Crippen LogP contribution is 2.24. The Morgan fingerprint density at radius 3 is 2.72 bits per heavy atom. The van der Waals surface area contributed by atoms with Crippen molar-refractivity contribution in [1.29, 1.82) is 0 Å². The third kappa shape index (κ3) is 2.94. The zero-order chi connectivity index (χ0) is 12.4. The molecule has 4 heteroatoms. The van der Waals surface area contributed by atoms with Gasteiger partial charge in [0.1, 0.15) is 10.0 Å². The van der Waals surface area contributed by atoms with Gasteiger partial charge >= 0.3 is 0 Å². The van der Waals surface area contributed by atoms with Crippen molar-refractivity contribution in [3.05, 3.63) is 34.8 Å². The quantitative estimate of drug-likeness (QED) is 0.897. The average molecular weight is 259 g/mol. The maximum atomic E-state index is 4.27. The lowest BCUT2D eigenvalue weighted by Gasteiger charge is -1.98. The second-order valence-electron chi connectivity index (χ2n) is 4.85. The van der Waals surface area contributed by atoms with E-state index in [0.717, 1.165) is 29.0 Å². The average Bonchev–Trinajstić information content (AvgIpc) is 3.08. The Morgan fingerprint density at radius 2 is 2.00 bits per heavy atom. The van der Waals surface area contributed by atoms with Crippen LogP contribution >= 0.6 is 11.3 Å². The Bertz CT molecular complexity index is 514. The van der Waals surface area contributed by atoms with Crippen LogP contribution in [0.1, 0.15) is 23.4 Å². The molecule has 0 spiro atoms. The number of aryl methyl sites for hydroxylation is 1. The molecule has 0 atom stereocenters. The normalized spacial score (nSPS) is 14.9. The van der Waals surface area contributed by atoms with Gasteiger partial charge in [0.25, 0.3) is 0 Å². The van der Waals surface area contributed by atoms with E-state index in [9.17, 15) is 0 Å². The molecule has 1 fully saturated rings. The second-order valence-corrected chi connectivity index (χ2v) is 5.91. The van der Waals surface area contributed by atoms with Gasteiger partial charge in [-0.15, -0.1) is 10.2 Å². The Morgan fingerprint density at radius 1 is 1.22 bits per heavy atom. The van der Waals surface area contributed by atoms with Gasteiger partial charge in [-0.05, 0) is 19.8 Å². The first-order valence-electron chi connectivity index (χ1n) is 6.44. The summed E-state index contributed by atoms with van der Waals surface area (Å²) in [6, 6.07) is 9.23. The summed E-state index contributed by atoms with van der Waals surface area (Å²) in [6.45, 7) is 3.12. The number of aromatic nitrogens is 2. The van der Waals surface area contributed by atoms with Crippen LogP contribution in [0.2, 0.25) is 0 Å². The first kappa shape index (κ1) is 11.8. The maximum Gasteiger partial charge on any atom is 0.147 e. The van der Waals surface area contributed by atoms with Crippen molar-refractivity contribution in [3.8, 4) is 10.6 Å². The van der Waals surface area contributed by atoms with Crippen LogP contribution in [0.5, 0.6) is 0 Å². The van der Waals surface area contributed by atoms with Gasteiger partial charge in [-0.3, -0.25) is 0 Å². The number of rotatable bonds is 5. The molecule has 1 aliphatic carbocycles. The summed E-state index contributed by atoms with van der Waals surface area (Å²) in [5.41, 5.74) is 2.44. The van der Waals surface area contributed by atoms with E-state index in [-0.39, 0.29) is 0 Å². The highest BCUT2D eigenvalue weighted by molar-refractivity contribution is 7.14. The molecule has 0 radical (unpaired) electrons. The molecule has 18 heavy (non-hydrogen) atoms. The lowest BCUT2D eigenvalue weighted by Crippen LogP contribution is -2.19. The van der Waals surface area contributed by atoms with E-state index in [1.54, 1.807) is 11.3 Å².